The number of ether oxygens (including phenoxy) is 2. The fraction of sp³-hybridized carbons (Fsp3) is 0.650. The van der Waals surface area contributed by atoms with Crippen LogP contribution in [0.25, 0.3) is 0 Å². The van der Waals surface area contributed by atoms with Crippen molar-refractivity contribution in [2.45, 2.75) is 38.0 Å². The molecule has 1 aromatic carbocycles. The van der Waals surface area contributed by atoms with Gasteiger partial charge in [0.15, 0.2) is 5.96 Å². The van der Waals surface area contributed by atoms with E-state index in [1.807, 2.05) is 7.05 Å². The minimum atomic E-state index is 0. The number of hydrogen-bond acceptors (Lipinski definition) is 3. The molecule has 0 spiro atoms. The van der Waals surface area contributed by atoms with Gasteiger partial charge in [-0.3, -0.25) is 4.99 Å². The molecule has 0 saturated carbocycles. The van der Waals surface area contributed by atoms with Crippen LogP contribution in [0, 0.1) is 0 Å². The van der Waals surface area contributed by atoms with Gasteiger partial charge in [-0.1, -0.05) is 25.5 Å². The van der Waals surface area contributed by atoms with Crippen molar-refractivity contribution in [3.8, 4) is 5.75 Å². The summed E-state index contributed by atoms with van der Waals surface area (Å²) in [6.07, 6.45) is 4.40. The molecule has 2 rings (SSSR count). The number of guanidine groups is 1. The summed E-state index contributed by atoms with van der Waals surface area (Å²) in [7, 11) is 5.67. The smallest absolute Gasteiger partial charge is 0.193 e. The predicted molar refractivity (Wildman–Crippen MR) is 119 cm³/mol. The van der Waals surface area contributed by atoms with Crippen LogP contribution in [0.1, 0.15) is 38.2 Å². The van der Waals surface area contributed by atoms with Crippen LogP contribution in [0.3, 0.4) is 0 Å². The maximum atomic E-state index is 5.63. The summed E-state index contributed by atoms with van der Waals surface area (Å²) >= 11 is 0. The van der Waals surface area contributed by atoms with E-state index in [-0.39, 0.29) is 29.4 Å². The van der Waals surface area contributed by atoms with Crippen molar-refractivity contribution >= 4 is 29.9 Å². The molecule has 1 heterocycles. The molecule has 1 saturated heterocycles. The van der Waals surface area contributed by atoms with Crippen molar-refractivity contribution in [2.75, 3.05) is 47.5 Å². The van der Waals surface area contributed by atoms with E-state index < -0.39 is 0 Å². The van der Waals surface area contributed by atoms with Gasteiger partial charge in [0.25, 0.3) is 0 Å². The molecule has 1 aliphatic rings. The lowest BCUT2D eigenvalue weighted by Gasteiger charge is -2.39. The number of aliphatic imine (C=N–C) groups is 1. The summed E-state index contributed by atoms with van der Waals surface area (Å²) in [6, 6.07) is 8.48. The second kappa shape index (κ2) is 11.6. The summed E-state index contributed by atoms with van der Waals surface area (Å²) in [4.78, 5) is 6.67. The second-order valence-electron chi connectivity index (χ2n) is 6.80. The zero-order chi connectivity index (χ0) is 18.1. The Kier molecular flexibility index (Phi) is 10.3. The molecule has 6 heteroatoms. The fourth-order valence-corrected chi connectivity index (χ4v) is 3.41. The third kappa shape index (κ3) is 6.01. The van der Waals surface area contributed by atoms with Crippen molar-refractivity contribution in [2.24, 2.45) is 4.99 Å². The van der Waals surface area contributed by atoms with Crippen molar-refractivity contribution in [3.63, 3.8) is 0 Å². The Bertz CT molecular complexity index is 542. The molecular weight excluding hydrogens is 441 g/mol. The molecule has 0 amide bonds. The molecule has 148 valence electrons. The van der Waals surface area contributed by atoms with Crippen molar-refractivity contribution in [3.05, 3.63) is 29.8 Å². The molecule has 1 aromatic rings. The summed E-state index contributed by atoms with van der Waals surface area (Å²) in [5.74, 6) is 1.86. The van der Waals surface area contributed by atoms with E-state index in [0.717, 1.165) is 50.9 Å². The van der Waals surface area contributed by atoms with Gasteiger partial charge in [0.2, 0.25) is 0 Å². The van der Waals surface area contributed by atoms with Crippen LogP contribution in [0.2, 0.25) is 0 Å². The van der Waals surface area contributed by atoms with Crippen LogP contribution in [0.4, 0.5) is 0 Å². The first-order valence-electron chi connectivity index (χ1n) is 9.29. The highest BCUT2D eigenvalue weighted by molar-refractivity contribution is 14.0. The Balaban J connectivity index is 0.00000338. The first-order valence-corrected chi connectivity index (χ1v) is 9.29. The van der Waals surface area contributed by atoms with Gasteiger partial charge in [0.05, 0.1) is 7.11 Å². The minimum absolute atomic E-state index is 0. The Morgan fingerprint density at radius 1 is 1.27 bits per heavy atom. The number of benzene rings is 1. The van der Waals surface area contributed by atoms with E-state index in [1.165, 1.54) is 18.4 Å². The Morgan fingerprint density at radius 3 is 2.46 bits per heavy atom. The normalized spacial score (nSPS) is 16.5. The number of halogens is 1. The number of nitrogens with one attached hydrogen (secondary N) is 1. The van der Waals surface area contributed by atoms with Gasteiger partial charge in [-0.05, 0) is 37.0 Å². The maximum Gasteiger partial charge on any atom is 0.193 e. The topological polar surface area (TPSA) is 46.1 Å². The van der Waals surface area contributed by atoms with Gasteiger partial charge in [-0.25, -0.2) is 0 Å². The van der Waals surface area contributed by atoms with Crippen LogP contribution in [-0.2, 0) is 10.2 Å². The molecule has 1 aliphatic heterocycles. The SMILES string of the molecule is CCCCN(C)C(=NC)NCC1(c2ccc(OC)cc2)CCOCC1.I. The van der Waals surface area contributed by atoms with Crippen molar-refractivity contribution in [1.82, 2.24) is 10.2 Å². The molecule has 1 N–H and O–H groups in total. The number of methoxy groups -OCH3 is 1. The number of unbranched alkanes of at least 4 members (excludes halogenated alkanes) is 1. The minimum Gasteiger partial charge on any atom is -0.497 e. The van der Waals surface area contributed by atoms with Gasteiger partial charge in [0, 0.05) is 45.8 Å². The molecule has 0 atom stereocenters. The quantitative estimate of drug-likeness (QED) is 0.372. The molecule has 1 fully saturated rings. The van der Waals surface area contributed by atoms with E-state index in [1.54, 1.807) is 7.11 Å². The second-order valence-corrected chi connectivity index (χ2v) is 6.80. The molecule has 26 heavy (non-hydrogen) atoms. The zero-order valence-electron chi connectivity index (χ0n) is 16.6. The highest BCUT2D eigenvalue weighted by Crippen LogP contribution is 2.35. The average molecular weight is 475 g/mol. The summed E-state index contributed by atoms with van der Waals surface area (Å²) in [5, 5.41) is 3.60. The van der Waals surface area contributed by atoms with E-state index in [4.69, 9.17) is 9.47 Å². The van der Waals surface area contributed by atoms with Crippen molar-refractivity contribution < 1.29 is 9.47 Å². The Morgan fingerprint density at radius 2 is 1.92 bits per heavy atom. The number of nitrogens with zero attached hydrogens (tertiary/aromatic N) is 2. The largest absolute Gasteiger partial charge is 0.497 e. The third-order valence-electron chi connectivity index (χ3n) is 5.16. The van der Waals surface area contributed by atoms with Crippen LogP contribution in [0.15, 0.2) is 29.3 Å². The summed E-state index contributed by atoms with van der Waals surface area (Å²) in [6.45, 7) is 5.71. The molecule has 0 bridgehead atoms. The highest BCUT2D eigenvalue weighted by atomic mass is 127. The van der Waals surface area contributed by atoms with Gasteiger partial charge in [-0.2, -0.15) is 0 Å². The van der Waals surface area contributed by atoms with Gasteiger partial charge >= 0.3 is 0 Å². The lowest BCUT2D eigenvalue weighted by molar-refractivity contribution is 0.0512. The van der Waals surface area contributed by atoms with E-state index >= 15 is 0 Å². The average Bonchev–Trinajstić information content (AvgIpc) is 2.67. The fourth-order valence-electron chi connectivity index (χ4n) is 3.41. The van der Waals surface area contributed by atoms with Crippen LogP contribution in [-0.4, -0.2) is 58.4 Å². The predicted octanol–water partition coefficient (Wildman–Crippen LogP) is 3.67. The first-order chi connectivity index (χ1) is 12.1. The van der Waals surface area contributed by atoms with E-state index in [2.05, 4.69) is 53.4 Å². The monoisotopic (exact) mass is 475 g/mol. The maximum absolute atomic E-state index is 5.63. The lowest BCUT2D eigenvalue weighted by Crippen LogP contribution is -2.48. The first kappa shape index (κ1) is 23.0. The van der Waals surface area contributed by atoms with Crippen LogP contribution in [0.5, 0.6) is 5.75 Å². The number of rotatable bonds is 7. The van der Waals surface area contributed by atoms with Crippen molar-refractivity contribution in [1.29, 1.82) is 0 Å². The van der Waals surface area contributed by atoms with E-state index in [9.17, 15) is 0 Å². The summed E-state index contributed by atoms with van der Waals surface area (Å²) in [5.41, 5.74) is 1.42. The van der Waals surface area contributed by atoms with Gasteiger partial charge in [0.1, 0.15) is 5.75 Å². The molecule has 5 nitrogen and oxygen atoms in total. The third-order valence-corrected chi connectivity index (χ3v) is 5.16. The van der Waals surface area contributed by atoms with Crippen LogP contribution < -0.4 is 10.1 Å². The van der Waals surface area contributed by atoms with Crippen LogP contribution >= 0.6 is 24.0 Å². The Hall–Kier alpha value is -1.02. The highest BCUT2D eigenvalue weighted by Gasteiger charge is 2.34. The molecule has 0 aliphatic carbocycles. The Labute approximate surface area is 175 Å². The molecule has 0 unspecified atom stereocenters. The summed E-state index contributed by atoms with van der Waals surface area (Å²) < 4.78 is 10.9. The molecular formula is C20H34IN3O2. The molecule has 0 aromatic heterocycles. The van der Waals surface area contributed by atoms with Gasteiger partial charge in [-0.15, -0.1) is 24.0 Å². The molecule has 0 radical (unpaired) electrons. The lowest BCUT2D eigenvalue weighted by atomic mass is 9.74. The zero-order valence-corrected chi connectivity index (χ0v) is 18.9. The van der Waals surface area contributed by atoms with Gasteiger partial charge < -0.3 is 19.7 Å². The number of hydrogen-bond donors (Lipinski definition) is 1. The standard InChI is InChI=1S/C20H33N3O2.HI/c1-5-6-13-23(3)19(21-2)22-16-20(11-14-25-15-12-20)17-7-9-18(24-4)10-8-17;/h7-10H,5-6,11-16H2,1-4H3,(H,21,22);1H. The van der Waals surface area contributed by atoms with E-state index in [0.29, 0.717) is 0 Å².